The summed E-state index contributed by atoms with van der Waals surface area (Å²) in [5.74, 6) is -0.267. The Hall–Kier alpha value is -3.46. The molecule has 0 unspecified atom stereocenters. The van der Waals surface area contributed by atoms with Crippen molar-refractivity contribution in [2.75, 3.05) is 18.0 Å². The van der Waals surface area contributed by atoms with Crippen molar-refractivity contribution in [2.45, 2.75) is 12.8 Å². The van der Waals surface area contributed by atoms with Gasteiger partial charge in [0.05, 0.1) is 10.4 Å². The van der Waals surface area contributed by atoms with Crippen LogP contribution in [0.3, 0.4) is 0 Å². The normalized spacial score (nSPS) is 14.5. The number of aromatic amines is 1. The van der Waals surface area contributed by atoms with E-state index < -0.39 is 5.91 Å². The average Bonchev–Trinajstić information content (AvgIpc) is 2.78. The Morgan fingerprint density at radius 3 is 2.50 bits per heavy atom. The molecule has 0 radical (unpaired) electrons. The number of hydrogen-bond donors (Lipinski definition) is 3. The molecule has 10 heteroatoms. The van der Waals surface area contributed by atoms with Gasteiger partial charge in [-0.05, 0) is 31.0 Å². The van der Waals surface area contributed by atoms with Crippen LogP contribution in [0.5, 0.6) is 0 Å². The van der Waals surface area contributed by atoms with Gasteiger partial charge < -0.3 is 4.90 Å². The summed E-state index contributed by atoms with van der Waals surface area (Å²) in [5, 5.41) is 7.47. The van der Waals surface area contributed by atoms with E-state index in [-0.39, 0.29) is 23.1 Å². The predicted molar refractivity (Wildman–Crippen MR) is 112 cm³/mol. The molecule has 4 rings (SSSR count). The summed E-state index contributed by atoms with van der Waals surface area (Å²) in [6, 6.07) is 10.3. The lowest BCUT2D eigenvalue weighted by molar-refractivity contribution is -0.126. The molecule has 3 aromatic rings. The van der Waals surface area contributed by atoms with E-state index >= 15 is 0 Å². The molecule has 154 valence electrons. The fraction of sp³-hybridized carbons (Fsp3) is 0.250. The quantitative estimate of drug-likeness (QED) is 0.548. The third-order valence-corrected chi connectivity index (χ3v) is 5.34. The van der Waals surface area contributed by atoms with Crippen LogP contribution in [0, 0.1) is 5.92 Å². The Bertz CT molecular complexity index is 1140. The molecule has 0 spiro atoms. The first-order chi connectivity index (χ1) is 14.5. The van der Waals surface area contributed by atoms with Crippen LogP contribution in [-0.4, -0.2) is 40.1 Å². The van der Waals surface area contributed by atoms with Crippen LogP contribution in [0.4, 0.5) is 5.82 Å². The van der Waals surface area contributed by atoms with E-state index in [2.05, 4.69) is 30.9 Å². The largest absolute Gasteiger partial charge is 0.357 e. The van der Waals surface area contributed by atoms with Crippen molar-refractivity contribution in [3.8, 4) is 0 Å². The van der Waals surface area contributed by atoms with Crippen LogP contribution in [-0.2, 0) is 4.79 Å². The summed E-state index contributed by atoms with van der Waals surface area (Å²) in [6.07, 6.45) is 2.86. The number of halogens is 1. The van der Waals surface area contributed by atoms with Gasteiger partial charge in [0.15, 0.2) is 5.69 Å². The van der Waals surface area contributed by atoms with Gasteiger partial charge in [-0.25, -0.2) is 10.1 Å². The molecule has 3 heterocycles. The van der Waals surface area contributed by atoms with Crippen molar-refractivity contribution in [2.24, 2.45) is 5.92 Å². The van der Waals surface area contributed by atoms with Crippen LogP contribution in [0.25, 0.3) is 10.8 Å². The van der Waals surface area contributed by atoms with Crippen molar-refractivity contribution in [1.29, 1.82) is 0 Å². The number of pyridine rings is 1. The zero-order valence-corrected chi connectivity index (χ0v) is 16.6. The molecule has 0 atom stereocenters. The van der Waals surface area contributed by atoms with Crippen molar-refractivity contribution >= 4 is 40.0 Å². The maximum absolute atomic E-state index is 12.5. The minimum Gasteiger partial charge on any atom is -0.357 e. The van der Waals surface area contributed by atoms with Gasteiger partial charge in [-0.1, -0.05) is 29.8 Å². The Kier molecular flexibility index (Phi) is 5.62. The number of carbonyl (C=O) groups is 2. The standard InChI is InChI=1S/C20H19ClN6O3/c21-13-5-6-16(22-11-13)27-9-7-12(8-10-27)18(28)24-26-20(30)17-14-3-1-2-4-15(14)19(29)25-23-17/h1-6,11-12H,7-10H2,(H,24,28)(H,25,29)(H,26,30). The summed E-state index contributed by atoms with van der Waals surface area (Å²) in [5.41, 5.74) is 4.52. The second kappa shape index (κ2) is 8.50. The topological polar surface area (TPSA) is 120 Å². The Morgan fingerprint density at radius 1 is 1.07 bits per heavy atom. The molecular weight excluding hydrogens is 408 g/mol. The lowest BCUT2D eigenvalue weighted by Crippen LogP contribution is -2.47. The minimum atomic E-state index is -0.599. The smallest absolute Gasteiger partial charge is 0.290 e. The van der Waals surface area contributed by atoms with Gasteiger partial charge in [0, 0.05) is 30.6 Å². The van der Waals surface area contributed by atoms with E-state index in [1.54, 1.807) is 36.5 Å². The number of benzene rings is 1. The van der Waals surface area contributed by atoms with Crippen LogP contribution in [0.1, 0.15) is 23.3 Å². The fourth-order valence-corrected chi connectivity index (χ4v) is 3.61. The zero-order chi connectivity index (χ0) is 21.1. The average molecular weight is 427 g/mol. The van der Waals surface area contributed by atoms with E-state index in [4.69, 9.17) is 11.6 Å². The van der Waals surface area contributed by atoms with Gasteiger partial charge in [0.25, 0.3) is 11.5 Å². The van der Waals surface area contributed by atoms with Crippen molar-refractivity contribution in [1.82, 2.24) is 26.0 Å². The van der Waals surface area contributed by atoms with E-state index in [9.17, 15) is 14.4 Å². The first kappa shape index (κ1) is 19.8. The number of anilines is 1. The highest BCUT2D eigenvalue weighted by Gasteiger charge is 2.26. The summed E-state index contributed by atoms with van der Waals surface area (Å²) < 4.78 is 0. The fourth-order valence-electron chi connectivity index (χ4n) is 3.49. The van der Waals surface area contributed by atoms with Crippen LogP contribution in [0.15, 0.2) is 47.4 Å². The molecule has 0 saturated carbocycles. The molecule has 9 nitrogen and oxygen atoms in total. The highest BCUT2D eigenvalue weighted by Crippen LogP contribution is 2.22. The summed E-state index contributed by atoms with van der Waals surface area (Å²) >= 11 is 5.87. The number of rotatable bonds is 3. The van der Waals surface area contributed by atoms with Gasteiger partial charge in [0.1, 0.15) is 5.82 Å². The van der Waals surface area contributed by atoms with E-state index in [0.29, 0.717) is 41.7 Å². The number of nitrogens with one attached hydrogen (secondary N) is 3. The van der Waals surface area contributed by atoms with Gasteiger partial charge in [-0.2, -0.15) is 5.10 Å². The highest BCUT2D eigenvalue weighted by molar-refractivity contribution is 6.30. The van der Waals surface area contributed by atoms with Crippen molar-refractivity contribution < 1.29 is 9.59 Å². The molecule has 1 aliphatic heterocycles. The first-order valence-electron chi connectivity index (χ1n) is 9.47. The number of piperidine rings is 1. The number of nitrogens with zero attached hydrogens (tertiary/aromatic N) is 3. The van der Waals surface area contributed by atoms with Gasteiger partial charge in [-0.3, -0.25) is 25.2 Å². The van der Waals surface area contributed by atoms with E-state index in [1.807, 2.05) is 6.07 Å². The third-order valence-electron chi connectivity index (χ3n) is 5.11. The SMILES string of the molecule is O=C(NNC(=O)C1CCN(c2ccc(Cl)cn2)CC1)c1n[nH]c(=O)c2ccccc12. The molecule has 0 bridgehead atoms. The van der Waals surface area contributed by atoms with Crippen LogP contribution in [0.2, 0.25) is 5.02 Å². The summed E-state index contributed by atoms with van der Waals surface area (Å²) in [7, 11) is 0. The van der Waals surface area contributed by atoms with Crippen LogP contribution >= 0.6 is 11.6 Å². The Balaban J connectivity index is 1.34. The van der Waals surface area contributed by atoms with Gasteiger partial charge in [0.2, 0.25) is 5.91 Å². The molecule has 3 N–H and O–H groups in total. The molecule has 1 fully saturated rings. The summed E-state index contributed by atoms with van der Waals surface area (Å²) in [4.78, 5) is 43.2. The maximum atomic E-state index is 12.5. The number of fused-ring (bicyclic) bond motifs is 1. The molecule has 1 saturated heterocycles. The minimum absolute atomic E-state index is 0.0362. The third kappa shape index (κ3) is 4.11. The number of hydrazine groups is 1. The van der Waals surface area contributed by atoms with Crippen molar-refractivity contribution in [3.63, 3.8) is 0 Å². The lowest BCUT2D eigenvalue weighted by Gasteiger charge is -2.32. The van der Waals surface area contributed by atoms with Gasteiger partial charge in [-0.15, -0.1) is 0 Å². The van der Waals surface area contributed by atoms with Gasteiger partial charge >= 0.3 is 0 Å². The van der Waals surface area contributed by atoms with Crippen molar-refractivity contribution in [3.05, 3.63) is 63.7 Å². The monoisotopic (exact) mass is 426 g/mol. The molecule has 30 heavy (non-hydrogen) atoms. The highest BCUT2D eigenvalue weighted by atomic mass is 35.5. The number of aromatic nitrogens is 3. The molecule has 2 aromatic heterocycles. The maximum Gasteiger partial charge on any atom is 0.290 e. The molecular formula is C20H19ClN6O3. The summed E-state index contributed by atoms with van der Waals surface area (Å²) in [6.45, 7) is 1.35. The Labute approximate surface area is 176 Å². The lowest BCUT2D eigenvalue weighted by atomic mass is 9.96. The predicted octanol–water partition coefficient (Wildman–Crippen LogP) is 1.65. The molecule has 2 amide bonds. The zero-order valence-electron chi connectivity index (χ0n) is 15.9. The van der Waals surface area contributed by atoms with Crippen LogP contribution < -0.4 is 21.3 Å². The number of amides is 2. The molecule has 1 aromatic carbocycles. The molecule has 1 aliphatic rings. The number of hydrogen-bond acceptors (Lipinski definition) is 6. The second-order valence-corrected chi connectivity index (χ2v) is 7.42. The van der Waals surface area contributed by atoms with E-state index in [0.717, 1.165) is 5.82 Å². The molecule has 0 aliphatic carbocycles. The Morgan fingerprint density at radius 2 is 1.80 bits per heavy atom. The number of carbonyl (C=O) groups excluding carboxylic acids is 2. The second-order valence-electron chi connectivity index (χ2n) is 6.99. The number of H-pyrrole nitrogens is 1. The first-order valence-corrected chi connectivity index (χ1v) is 9.85. The van der Waals surface area contributed by atoms with E-state index in [1.165, 1.54) is 0 Å².